The van der Waals surface area contributed by atoms with Crippen LogP contribution >= 0.6 is 0 Å². The van der Waals surface area contributed by atoms with Crippen molar-refractivity contribution in [1.29, 1.82) is 0 Å². The molecule has 2 rings (SSSR count). The molecule has 0 spiro atoms. The zero-order valence-electron chi connectivity index (χ0n) is 15.0. The van der Waals surface area contributed by atoms with E-state index in [2.05, 4.69) is 51.0 Å². The fourth-order valence-corrected chi connectivity index (χ4v) is 3.84. The lowest BCUT2D eigenvalue weighted by molar-refractivity contribution is 0.344. The molecule has 0 unspecified atom stereocenters. The number of methoxy groups -OCH3 is 2. The molecule has 0 radical (unpaired) electrons. The molecule has 0 bridgehead atoms. The highest BCUT2D eigenvalue weighted by Gasteiger charge is 2.30. The van der Waals surface area contributed by atoms with Crippen molar-refractivity contribution < 1.29 is 9.47 Å². The van der Waals surface area contributed by atoms with Crippen LogP contribution in [0.4, 0.5) is 0 Å². The topological polar surface area (TPSA) is 18.5 Å². The second-order valence-electron chi connectivity index (χ2n) is 7.31. The fraction of sp³-hybridized carbons (Fsp3) is 0.579. The third-order valence-electron chi connectivity index (χ3n) is 4.28. The highest BCUT2D eigenvalue weighted by Crippen LogP contribution is 2.48. The van der Waals surface area contributed by atoms with E-state index in [0.29, 0.717) is 11.8 Å². The van der Waals surface area contributed by atoms with Gasteiger partial charge in [-0.3, -0.25) is 0 Å². The summed E-state index contributed by atoms with van der Waals surface area (Å²) in [6, 6.07) is 2.26. The molecule has 22 heavy (non-hydrogen) atoms. The Morgan fingerprint density at radius 2 is 1.73 bits per heavy atom. The predicted molar refractivity (Wildman–Crippen MR) is 95.8 cm³/mol. The number of hydrogen-bond acceptors (Lipinski definition) is 2. The predicted octanol–water partition coefficient (Wildman–Crippen LogP) is 4.87. The molecule has 1 aromatic rings. The maximum Gasteiger partial charge on any atom is 0.164 e. The van der Waals surface area contributed by atoms with Crippen LogP contribution in [0.25, 0.3) is 0 Å². The van der Waals surface area contributed by atoms with Crippen LogP contribution in [0.3, 0.4) is 0 Å². The first-order chi connectivity index (χ1) is 10.3. The summed E-state index contributed by atoms with van der Waals surface area (Å²) in [6.07, 6.45) is 2.29. The molecule has 0 aromatic heterocycles. The van der Waals surface area contributed by atoms with Crippen LogP contribution in [-0.4, -0.2) is 22.3 Å². The van der Waals surface area contributed by atoms with Gasteiger partial charge in [-0.25, -0.2) is 0 Å². The summed E-state index contributed by atoms with van der Waals surface area (Å²) in [4.78, 5) is 0. The molecule has 0 heterocycles. The summed E-state index contributed by atoms with van der Waals surface area (Å²) in [6.45, 7) is 11.3. The Hall–Kier alpha value is -1.40. The van der Waals surface area contributed by atoms with E-state index in [1.807, 2.05) is 0 Å². The Labute approximate surface area is 136 Å². The minimum absolute atomic E-state index is 0.330. The smallest absolute Gasteiger partial charge is 0.164 e. The van der Waals surface area contributed by atoms with Gasteiger partial charge in [-0.1, -0.05) is 32.6 Å². The number of aryl methyl sites for hydroxylation is 1. The van der Waals surface area contributed by atoms with Crippen LogP contribution in [0.2, 0.25) is 19.6 Å². The van der Waals surface area contributed by atoms with Crippen LogP contribution in [0, 0.1) is 18.4 Å². The molecule has 0 saturated heterocycles. The Bertz CT molecular complexity index is 617. The normalized spacial score (nSPS) is 20.7. The zero-order valence-corrected chi connectivity index (χ0v) is 16.0. The monoisotopic (exact) mass is 316 g/mol. The van der Waals surface area contributed by atoms with Gasteiger partial charge in [0.15, 0.2) is 11.5 Å². The van der Waals surface area contributed by atoms with Gasteiger partial charge in [0.25, 0.3) is 0 Å². The molecule has 0 aliphatic heterocycles. The van der Waals surface area contributed by atoms with Crippen molar-refractivity contribution in [3.63, 3.8) is 0 Å². The van der Waals surface area contributed by atoms with Crippen LogP contribution in [0.15, 0.2) is 6.07 Å². The van der Waals surface area contributed by atoms with Gasteiger partial charge in [0.05, 0.1) is 14.2 Å². The molecular weight excluding hydrogens is 288 g/mol. The molecule has 0 saturated carbocycles. The first-order valence-corrected chi connectivity index (χ1v) is 11.6. The van der Waals surface area contributed by atoms with E-state index < -0.39 is 8.07 Å². The largest absolute Gasteiger partial charge is 0.493 e. The van der Waals surface area contributed by atoms with Crippen molar-refractivity contribution in [3.05, 3.63) is 22.8 Å². The maximum absolute atomic E-state index is 5.72. The van der Waals surface area contributed by atoms with Gasteiger partial charge in [-0.2, -0.15) is 0 Å². The van der Waals surface area contributed by atoms with Crippen LogP contribution in [0.5, 0.6) is 11.5 Å². The molecule has 120 valence electrons. The maximum atomic E-state index is 5.72. The number of hydrogen-bond donors (Lipinski definition) is 0. The summed E-state index contributed by atoms with van der Waals surface area (Å²) < 4.78 is 11.3. The first kappa shape index (κ1) is 17.0. The summed E-state index contributed by atoms with van der Waals surface area (Å²) in [5, 5.41) is 0. The minimum Gasteiger partial charge on any atom is -0.493 e. The van der Waals surface area contributed by atoms with Crippen LogP contribution in [0.1, 0.15) is 48.3 Å². The average Bonchev–Trinajstić information content (AvgIpc) is 2.44. The molecule has 2 atom stereocenters. The minimum atomic E-state index is -1.35. The van der Waals surface area contributed by atoms with Crippen molar-refractivity contribution in [2.75, 3.05) is 14.2 Å². The Balaban J connectivity index is 2.60. The van der Waals surface area contributed by atoms with Crippen LogP contribution in [-0.2, 0) is 0 Å². The quantitative estimate of drug-likeness (QED) is 0.572. The molecule has 3 heteroatoms. The SMILES string of the molecule is COc1c(C)cc2c(c1OC)[C@H](C)CC[C@@H]2C#C[Si](C)(C)C. The lowest BCUT2D eigenvalue weighted by Gasteiger charge is -2.30. The van der Waals surface area contributed by atoms with E-state index in [-0.39, 0.29) is 0 Å². The molecule has 1 aromatic carbocycles. The molecule has 2 nitrogen and oxygen atoms in total. The second-order valence-corrected chi connectivity index (χ2v) is 12.1. The van der Waals surface area contributed by atoms with Crippen molar-refractivity contribution in [2.24, 2.45) is 0 Å². The van der Waals surface area contributed by atoms with E-state index >= 15 is 0 Å². The number of rotatable bonds is 2. The molecular formula is C19H28O2Si. The molecule has 0 N–H and O–H groups in total. The molecule has 1 aliphatic carbocycles. The lowest BCUT2D eigenvalue weighted by Crippen LogP contribution is -2.18. The Morgan fingerprint density at radius 1 is 1.09 bits per heavy atom. The number of fused-ring (bicyclic) bond motifs is 1. The highest BCUT2D eigenvalue weighted by molar-refractivity contribution is 6.83. The number of ether oxygens (including phenoxy) is 2. The standard InChI is InChI=1S/C19H28O2Si/c1-13-8-9-15(10-11-22(5,6)7)16-12-14(2)18(20-3)19(21-4)17(13)16/h12-13,15H,8-9H2,1-7H3/t13-,15-/m1/s1. The molecule has 1 aliphatic rings. The summed E-state index contributed by atoms with van der Waals surface area (Å²) in [5.74, 6) is 6.16. The van der Waals surface area contributed by atoms with Gasteiger partial charge < -0.3 is 9.47 Å². The van der Waals surface area contributed by atoms with E-state index in [4.69, 9.17) is 9.47 Å². The van der Waals surface area contributed by atoms with E-state index in [1.54, 1.807) is 14.2 Å². The summed E-state index contributed by atoms with van der Waals surface area (Å²) in [5.41, 5.74) is 7.33. The van der Waals surface area contributed by atoms with Crippen molar-refractivity contribution in [1.82, 2.24) is 0 Å². The van der Waals surface area contributed by atoms with Crippen LogP contribution < -0.4 is 9.47 Å². The average molecular weight is 317 g/mol. The molecule has 0 fully saturated rings. The lowest BCUT2D eigenvalue weighted by atomic mass is 9.76. The third-order valence-corrected chi connectivity index (χ3v) is 5.17. The van der Waals surface area contributed by atoms with Gasteiger partial charge in [0, 0.05) is 11.5 Å². The zero-order chi connectivity index (χ0) is 16.5. The van der Waals surface area contributed by atoms with Crippen molar-refractivity contribution in [3.8, 4) is 23.0 Å². The molecule has 0 amide bonds. The first-order valence-electron chi connectivity index (χ1n) is 8.06. The Kier molecular flexibility index (Phi) is 4.92. The summed E-state index contributed by atoms with van der Waals surface area (Å²) in [7, 11) is 2.10. The van der Waals surface area contributed by atoms with E-state index in [9.17, 15) is 0 Å². The Morgan fingerprint density at radius 3 is 2.27 bits per heavy atom. The van der Waals surface area contributed by atoms with E-state index in [1.165, 1.54) is 11.1 Å². The number of benzene rings is 1. The van der Waals surface area contributed by atoms with Gasteiger partial charge in [-0.15, -0.1) is 11.5 Å². The van der Waals surface area contributed by atoms with Gasteiger partial charge in [0.1, 0.15) is 8.07 Å². The van der Waals surface area contributed by atoms with Gasteiger partial charge >= 0.3 is 0 Å². The van der Waals surface area contributed by atoms with Crippen molar-refractivity contribution >= 4 is 8.07 Å². The van der Waals surface area contributed by atoms with Crippen molar-refractivity contribution in [2.45, 2.75) is 58.2 Å². The second kappa shape index (κ2) is 6.38. The van der Waals surface area contributed by atoms with E-state index in [0.717, 1.165) is 29.9 Å². The third kappa shape index (κ3) is 3.33. The van der Waals surface area contributed by atoms with Gasteiger partial charge in [0.2, 0.25) is 0 Å². The summed E-state index contributed by atoms with van der Waals surface area (Å²) >= 11 is 0. The fourth-order valence-electron chi connectivity index (χ4n) is 3.23. The highest BCUT2D eigenvalue weighted by atomic mass is 28.3. The van der Waals surface area contributed by atoms with Gasteiger partial charge in [-0.05, 0) is 36.8 Å².